The minimum atomic E-state index is -0.262. The number of nitrogens with zero attached hydrogens (tertiary/aromatic N) is 4. The molecule has 4 rings (SSSR count). The third-order valence-corrected chi connectivity index (χ3v) is 4.70. The van der Waals surface area contributed by atoms with E-state index in [1.165, 1.54) is 10.9 Å². The molecule has 0 aliphatic carbocycles. The standard InChI is InChI=1S/C21H13BrN4O2/c1-13-25-19-8-6-15(22)10-18(19)21(27)26(13)24-12-16-7-9-20(28-16)17-5-3-2-4-14(17)11-23/h2-10,12H,1H3. The van der Waals surface area contributed by atoms with E-state index in [2.05, 4.69) is 32.1 Å². The molecule has 0 saturated carbocycles. The zero-order chi connectivity index (χ0) is 19.7. The van der Waals surface area contributed by atoms with Gasteiger partial charge in [-0.25, -0.2) is 4.98 Å². The third kappa shape index (κ3) is 3.26. The van der Waals surface area contributed by atoms with Crippen molar-refractivity contribution >= 4 is 33.0 Å². The van der Waals surface area contributed by atoms with Crippen molar-refractivity contribution in [1.82, 2.24) is 9.66 Å². The molecule has 0 saturated heterocycles. The maximum absolute atomic E-state index is 12.8. The maximum Gasteiger partial charge on any atom is 0.282 e. The number of fused-ring (bicyclic) bond motifs is 1. The Morgan fingerprint density at radius 2 is 2.04 bits per heavy atom. The Morgan fingerprint density at radius 3 is 2.86 bits per heavy atom. The van der Waals surface area contributed by atoms with Crippen LogP contribution in [0.3, 0.4) is 0 Å². The van der Waals surface area contributed by atoms with E-state index in [-0.39, 0.29) is 5.56 Å². The Morgan fingerprint density at radius 1 is 1.21 bits per heavy atom. The fourth-order valence-corrected chi connectivity index (χ4v) is 3.23. The Balaban J connectivity index is 1.72. The monoisotopic (exact) mass is 432 g/mol. The molecule has 0 unspecified atom stereocenters. The van der Waals surface area contributed by atoms with Crippen LogP contribution in [0.5, 0.6) is 0 Å². The summed E-state index contributed by atoms with van der Waals surface area (Å²) in [5.74, 6) is 1.49. The summed E-state index contributed by atoms with van der Waals surface area (Å²) in [6.45, 7) is 1.72. The molecule has 0 fully saturated rings. The minimum absolute atomic E-state index is 0.262. The molecule has 0 spiro atoms. The first-order chi connectivity index (χ1) is 13.6. The fraction of sp³-hybridized carbons (Fsp3) is 0.0476. The number of hydrogen-bond acceptors (Lipinski definition) is 5. The SMILES string of the molecule is Cc1nc2ccc(Br)cc2c(=O)n1N=Cc1ccc(-c2ccccc2C#N)o1. The molecule has 4 aromatic rings. The van der Waals surface area contributed by atoms with Crippen LogP contribution >= 0.6 is 15.9 Å². The highest BCUT2D eigenvalue weighted by Crippen LogP contribution is 2.25. The quantitative estimate of drug-likeness (QED) is 0.446. The molecule has 2 aromatic heterocycles. The van der Waals surface area contributed by atoms with Crippen LogP contribution in [0.4, 0.5) is 0 Å². The van der Waals surface area contributed by atoms with Gasteiger partial charge in [-0.05, 0) is 49.4 Å². The van der Waals surface area contributed by atoms with Crippen molar-refractivity contribution in [2.45, 2.75) is 6.92 Å². The molecule has 0 amide bonds. The predicted octanol–water partition coefficient (Wildman–Crippen LogP) is 4.48. The van der Waals surface area contributed by atoms with Crippen LogP contribution in [0.15, 0.2) is 73.4 Å². The summed E-state index contributed by atoms with van der Waals surface area (Å²) in [4.78, 5) is 17.2. The molecule has 6 nitrogen and oxygen atoms in total. The number of aryl methyl sites for hydroxylation is 1. The summed E-state index contributed by atoms with van der Waals surface area (Å²) in [5.41, 5.74) is 1.58. The summed E-state index contributed by atoms with van der Waals surface area (Å²) in [6, 6.07) is 18.2. The average Bonchev–Trinajstić information content (AvgIpc) is 3.17. The van der Waals surface area contributed by atoms with Gasteiger partial charge in [0.25, 0.3) is 5.56 Å². The first kappa shape index (κ1) is 17.9. The highest BCUT2D eigenvalue weighted by molar-refractivity contribution is 9.10. The molecule has 0 N–H and O–H groups in total. The molecule has 2 aromatic carbocycles. The van der Waals surface area contributed by atoms with Crippen LogP contribution in [0.1, 0.15) is 17.1 Å². The fourth-order valence-electron chi connectivity index (χ4n) is 2.87. The van der Waals surface area contributed by atoms with Crippen molar-refractivity contribution < 1.29 is 4.42 Å². The Hall–Kier alpha value is -3.50. The molecule has 28 heavy (non-hydrogen) atoms. The van der Waals surface area contributed by atoms with Crippen LogP contribution in [-0.4, -0.2) is 15.9 Å². The van der Waals surface area contributed by atoms with E-state index < -0.39 is 0 Å². The lowest BCUT2D eigenvalue weighted by Crippen LogP contribution is -2.20. The Kier molecular flexibility index (Phi) is 4.63. The topological polar surface area (TPSA) is 84.2 Å². The van der Waals surface area contributed by atoms with E-state index in [0.29, 0.717) is 39.4 Å². The zero-order valence-electron chi connectivity index (χ0n) is 14.8. The molecule has 0 atom stereocenters. The molecule has 0 aliphatic heterocycles. The van der Waals surface area contributed by atoms with Gasteiger partial charge in [-0.1, -0.05) is 28.1 Å². The summed E-state index contributed by atoms with van der Waals surface area (Å²) in [6.07, 6.45) is 1.46. The molecule has 2 heterocycles. The van der Waals surface area contributed by atoms with Crippen molar-refractivity contribution in [2.75, 3.05) is 0 Å². The third-order valence-electron chi connectivity index (χ3n) is 4.21. The minimum Gasteiger partial charge on any atom is -0.455 e. The van der Waals surface area contributed by atoms with Gasteiger partial charge < -0.3 is 4.42 Å². The van der Waals surface area contributed by atoms with Gasteiger partial charge in [-0.2, -0.15) is 15.0 Å². The van der Waals surface area contributed by atoms with Crippen LogP contribution in [0.2, 0.25) is 0 Å². The van der Waals surface area contributed by atoms with Gasteiger partial charge in [0.1, 0.15) is 17.3 Å². The summed E-state index contributed by atoms with van der Waals surface area (Å²) < 4.78 is 7.81. The van der Waals surface area contributed by atoms with E-state index in [0.717, 1.165) is 4.47 Å². The second-order valence-electron chi connectivity index (χ2n) is 6.04. The smallest absolute Gasteiger partial charge is 0.282 e. The average molecular weight is 433 g/mol. The first-order valence-electron chi connectivity index (χ1n) is 8.39. The van der Waals surface area contributed by atoms with Crippen molar-refractivity contribution in [1.29, 1.82) is 5.26 Å². The Bertz CT molecular complexity index is 1330. The molecule has 0 radical (unpaired) electrons. The number of hydrogen-bond donors (Lipinski definition) is 0. The highest BCUT2D eigenvalue weighted by atomic mass is 79.9. The molecular formula is C21H13BrN4O2. The van der Waals surface area contributed by atoms with Gasteiger partial charge in [0.2, 0.25) is 0 Å². The van der Waals surface area contributed by atoms with E-state index >= 15 is 0 Å². The molecular weight excluding hydrogens is 420 g/mol. The number of benzene rings is 2. The molecule has 136 valence electrons. The van der Waals surface area contributed by atoms with E-state index in [1.54, 1.807) is 43.3 Å². The lowest BCUT2D eigenvalue weighted by molar-refractivity contribution is 0.573. The van der Waals surface area contributed by atoms with Crippen LogP contribution < -0.4 is 5.56 Å². The van der Waals surface area contributed by atoms with E-state index in [9.17, 15) is 10.1 Å². The normalized spacial score (nSPS) is 11.2. The zero-order valence-corrected chi connectivity index (χ0v) is 16.3. The summed E-state index contributed by atoms with van der Waals surface area (Å²) in [7, 11) is 0. The second kappa shape index (κ2) is 7.25. The van der Waals surface area contributed by atoms with Crippen molar-refractivity contribution in [3.05, 3.63) is 86.6 Å². The maximum atomic E-state index is 12.8. The number of furan rings is 1. The number of rotatable bonds is 3. The van der Waals surface area contributed by atoms with Crippen LogP contribution in [0.25, 0.3) is 22.2 Å². The van der Waals surface area contributed by atoms with Crippen molar-refractivity contribution in [3.63, 3.8) is 0 Å². The van der Waals surface area contributed by atoms with E-state index in [1.807, 2.05) is 18.2 Å². The van der Waals surface area contributed by atoms with Crippen molar-refractivity contribution in [2.24, 2.45) is 5.10 Å². The molecule has 0 bridgehead atoms. The van der Waals surface area contributed by atoms with Gasteiger partial charge in [0, 0.05) is 10.0 Å². The molecule has 7 heteroatoms. The number of halogens is 1. The summed E-state index contributed by atoms with van der Waals surface area (Å²) in [5, 5.41) is 14.0. The predicted molar refractivity (Wildman–Crippen MR) is 110 cm³/mol. The van der Waals surface area contributed by atoms with E-state index in [4.69, 9.17) is 4.42 Å². The van der Waals surface area contributed by atoms with Gasteiger partial charge in [-0.15, -0.1) is 0 Å². The van der Waals surface area contributed by atoms with Gasteiger partial charge in [0.15, 0.2) is 0 Å². The Labute approximate surface area is 168 Å². The molecule has 0 aliphatic rings. The van der Waals surface area contributed by atoms with Gasteiger partial charge in [0.05, 0.1) is 28.8 Å². The van der Waals surface area contributed by atoms with Gasteiger partial charge >= 0.3 is 0 Å². The van der Waals surface area contributed by atoms with Gasteiger partial charge in [-0.3, -0.25) is 4.79 Å². The first-order valence-corrected chi connectivity index (χ1v) is 9.19. The lowest BCUT2D eigenvalue weighted by Gasteiger charge is -2.05. The number of nitriles is 1. The van der Waals surface area contributed by atoms with Crippen LogP contribution in [-0.2, 0) is 0 Å². The highest BCUT2D eigenvalue weighted by Gasteiger charge is 2.10. The largest absolute Gasteiger partial charge is 0.455 e. The van der Waals surface area contributed by atoms with Crippen LogP contribution in [0, 0.1) is 18.3 Å². The lowest BCUT2D eigenvalue weighted by atomic mass is 10.1. The van der Waals surface area contributed by atoms with Crippen molar-refractivity contribution in [3.8, 4) is 17.4 Å². The second-order valence-corrected chi connectivity index (χ2v) is 6.96. The summed E-state index contributed by atoms with van der Waals surface area (Å²) >= 11 is 3.37. The number of aromatic nitrogens is 2.